The Morgan fingerprint density at radius 3 is 2.64 bits per heavy atom. The minimum Gasteiger partial charge on any atom is -0.488 e. The van der Waals surface area contributed by atoms with E-state index in [0.717, 1.165) is 24.8 Å². The van der Waals surface area contributed by atoms with Gasteiger partial charge in [-0.1, -0.05) is 39.0 Å². The maximum Gasteiger partial charge on any atom is 0.407 e. The summed E-state index contributed by atoms with van der Waals surface area (Å²) in [6.45, 7) is 9.37. The van der Waals surface area contributed by atoms with Crippen LogP contribution in [0.25, 0.3) is 6.08 Å². The van der Waals surface area contributed by atoms with Gasteiger partial charge >= 0.3 is 6.09 Å². The SMILES string of the molecule is C=CC1C[C@]1(NC(=O)[C@@H]1C[C@@H]2CN1C(=O)[C@H](C(C)(C)C)NC(=O)OCCCCC/C=C/c1cnccc1O2)C(=O)NS(=O)(=O)C1CC1. The van der Waals surface area contributed by atoms with Crippen molar-refractivity contribution in [2.45, 2.75) is 101 Å². The largest absolute Gasteiger partial charge is 0.488 e. The molecule has 4 aliphatic rings. The van der Waals surface area contributed by atoms with Crippen molar-refractivity contribution in [2.75, 3.05) is 13.2 Å². The van der Waals surface area contributed by atoms with Gasteiger partial charge in [-0.25, -0.2) is 13.2 Å². The molecule has 0 spiro atoms. The molecule has 3 fully saturated rings. The number of nitrogens with one attached hydrogen (secondary N) is 3. The van der Waals surface area contributed by atoms with Crippen molar-refractivity contribution < 1.29 is 37.1 Å². The van der Waals surface area contributed by atoms with E-state index in [2.05, 4.69) is 26.9 Å². The van der Waals surface area contributed by atoms with Crippen LogP contribution in [-0.4, -0.2) is 84.2 Å². The van der Waals surface area contributed by atoms with Crippen molar-refractivity contribution in [3.63, 3.8) is 0 Å². The number of pyridine rings is 1. The van der Waals surface area contributed by atoms with Crippen LogP contribution >= 0.6 is 0 Å². The molecule has 1 aromatic heterocycles. The fraction of sp³-hybridized carbons (Fsp3) is 0.606. The number of fused-ring (bicyclic) bond motifs is 3. The van der Waals surface area contributed by atoms with Crippen LogP contribution in [0.4, 0.5) is 4.79 Å². The predicted octanol–water partition coefficient (Wildman–Crippen LogP) is 2.83. The molecule has 2 aliphatic heterocycles. The molecule has 1 unspecified atom stereocenters. The summed E-state index contributed by atoms with van der Waals surface area (Å²) in [7, 11) is -3.87. The molecule has 0 aromatic carbocycles. The second kappa shape index (κ2) is 13.7. The van der Waals surface area contributed by atoms with Crippen LogP contribution in [-0.2, 0) is 29.1 Å². The molecule has 1 saturated heterocycles. The van der Waals surface area contributed by atoms with E-state index in [0.29, 0.717) is 25.0 Å². The standard InChI is InChI=1S/C33H45N5O8S/c1-5-22-18-33(22,30(41)37-47(43,44)24-12-13-24)36-28(39)25-17-23-20-38(25)29(40)27(32(2,3)4)35-31(42)45-16-10-8-6-7-9-11-21-19-34-15-14-26(21)46-23/h5,9,11,14-15,19,22-25,27H,1,6-8,10,12-13,16-18,20H2,2-4H3,(H,35,42)(H,36,39)(H,37,41)/b11-9+/t22?,23-,25+,27-,33-/m1/s1. The van der Waals surface area contributed by atoms with E-state index >= 15 is 0 Å². The Labute approximate surface area is 276 Å². The highest BCUT2D eigenvalue weighted by molar-refractivity contribution is 7.91. The second-order valence-electron chi connectivity index (χ2n) is 13.9. The van der Waals surface area contributed by atoms with E-state index in [-0.39, 0.29) is 26.0 Å². The van der Waals surface area contributed by atoms with Gasteiger partial charge in [-0.3, -0.25) is 24.1 Å². The monoisotopic (exact) mass is 671 g/mol. The fourth-order valence-corrected chi connectivity index (χ4v) is 7.45. The van der Waals surface area contributed by atoms with E-state index < -0.39 is 74.1 Å². The van der Waals surface area contributed by atoms with Crippen molar-refractivity contribution in [2.24, 2.45) is 11.3 Å². The molecule has 47 heavy (non-hydrogen) atoms. The molecule has 5 rings (SSSR count). The van der Waals surface area contributed by atoms with Gasteiger partial charge in [-0.05, 0) is 56.4 Å². The van der Waals surface area contributed by atoms with Gasteiger partial charge in [-0.2, -0.15) is 0 Å². The number of alkyl carbamates (subject to hydrolysis) is 1. The van der Waals surface area contributed by atoms with Gasteiger partial charge in [0.2, 0.25) is 21.8 Å². The molecular formula is C33H45N5O8S. The van der Waals surface area contributed by atoms with Gasteiger partial charge < -0.3 is 25.0 Å². The molecule has 3 N–H and O–H groups in total. The van der Waals surface area contributed by atoms with Gasteiger partial charge in [0.05, 0.1) is 18.4 Å². The average Bonchev–Trinajstić information content (AvgIpc) is 3.93. The Balaban J connectivity index is 1.44. The van der Waals surface area contributed by atoms with Crippen LogP contribution in [0.2, 0.25) is 0 Å². The Hall–Kier alpha value is -3.94. The number of carbonyl (C=O) groups is 4. The zero-order valence-corrected chi connectivity index (χ0v) is 28.0. The fourth-order valence-electron chi connectivity index (χ4n) is 6.09. The topological polar surface area (TPSA) is 173 Å². The summed E-state index contributed by atoms with van der Waals surface area (Å²) in [5, 5.41) is 4.88. The normalized spacial score (nSPS) is 29.5. The summed E-state index contributed by atoms with van der Waals surface area (Å²) < 4.78 is 39.1. The first kappa shape index (κ1) is 34.4. The van der Waals surface area contributed by atoms with E-state index in [1.54, 1.807) is 39.2 Å². The van der Waals surface area contributed by atoms with E-state index in [9.17, 15) is 27.6 Å². The maximum atomic E-state index is 14.3. The van der Waals surface area contributed by atoms with Crippen LogP contribution in [0.3, 0.4) is 0 Å². The summed E-state index contributed by atoms with van der Waals surface area (Å²) in [4.78, 5) is 60.1. The van der Waals surface area contributed by atoms with Crippen molar-refractivity contribution in [3.05, 3.63) is 42.8 Å². The molecule has 3 heterocycles. The predicted molar refractivity (Wildman–Crippen MR) is 173 cm³/mol. The first-order valence-electron chi connectivity index (χ1n) is 16.3. The quantitative estimate of drug-likeness (QED) is 0.385. The van der Waals surface area contributed by atoms with E-state index in [1.165, 1.54) is 11.0 Å². The highest BCUT2D eigenvalue weighted by Gasteiger charge is 2.62. The zero-order valence-electron chi connectivity index (χ0n) is 27.2. The summed E-state index contributed by atoms with van der Waals surface area (Å²) >= 11 is 0. The Morgan fingerprint density at radius 2 is 1.96 bits per heavy atom. The van der Waals surface area contributed by atoms with E-state index in [1.807, 2.05) is 12.2 Å². The van der Waals surface area contributed by atoms with Gasteiger partial charge in [0.25, 0.3) is 5.91 Å². The molecule has 1 aromatic rings. The minimum absolute atomic E-state index is 0.0197. The average molecular weight is 672 g/mol. The lowest BCUT2D eigenvalue weighted by molar-refractivity contribution is -0.142. The third-order valence-electron chi connectivity index (χ3n) is 9.12. The lowest BCUT2D eigenvalue weighted by Gasteiger charge is -2.35. The number of rotatable bonds is 6. The molecule has 2 saturated carbocycles. The summed E-state index contributed by atoms with van der Waals surface area (Å²) in [6, 6.07) is -0.412. The first-order chi connectivity index (χ1) is 22.2. The number of sulfonamides is 1. The molecule has 4 amide bonds. The zero-order chi connectivity index (χ0) is 34.0. The van der Waals surface area contributed by atoms with Crippen LogP contribution in [0.5, 0.6) is 5.75 Å². The van der Waals surface area contributed by atoms with Crippen LogP contribution < -0.4 is 20.1 Å². The van der Waals surface area contributed by atoms with Crippen LogP contribution in [0.15, 0.2) is 37.2 Å². The van der Waals surface area contributed by atoms with Crippen LogP contribution in [0, 0.1) is 11.3 Å². The lowest BCUT2D eigenvalue weighted by Crippen LogP contribution is -2.60. The first-order valence-corrected chi connectivity index (χ1v) is 17.8. The highest BCUT2D eigenvalue weighted by Crippen LogP contribution is 2.45. The van der Waals surface area contributed by atoms with Gasteiger partial charge in [0.15, 0.2) is 0 Å². The number of hydrogen-bond acceptors (Lipinski definition) is 9. The van der Waals surface area contributed by atoms with Crippen LogP contribution in [0.1, 0.15) is 77.7 Å². The molecule has 5 atom stereocenters. The molecule has 2 bridgehead atoms. The number of hydrogen-bond donors (Lipinski definition) is 3. The minimum atomic E-state index is -3.87. The number of ether oxygens (including phenoxy) is 2. The number of carbonyl (C=O) groups excluding carboxylic acids is 4. The van der Waals surface area contributed by atoms with Crippen molar-refractivity contribution in [1.29, 1.82) is 0 Å². The summed E-state index contributed by atoms with van der Waals surface area (Å²) in [6.07, 6.45) is 11.8. The van der Waals surface area contributed by atoms with E-state index in [4.69, 9.17) is 9.47 Å². The number of cyclic esters (lactones) is 1. The van der Waals surface area contributed by atoms with Crippen molar-refractivity contribution in [3.8, 4) is 5.75 Å². The number of aromatic nitrogens is 1. The Kier molecular flexibility index (Phi) is 9.99. The number of nitrogens with zero attached hydrogens (tertiary/aromatic N) is 2. The highest BCUT2D eigenvalue weighted by atomic mass is 32.2. The van der Waals surface area contributed by atoms with Crippen molar-refractivity contribution >= 4 is 39.9 Å². The van der Waals surface area contributed by atoms with Gasteiger partial charge in [0, 0.05) is 30.3 Å². The second-order valence-corrected chi connectivity index (χ2v) is 15.9. The molecule has 13 nitrogen and oxygen atoms in total. The van der Waals surface area contributed by atoms with Gasteiger partial charge in [-0.15, -0.1) is 6.58 Å². The Morgan fingerprint density at radius 1 is 1.19 bits per heavy atom. The Bertz CT molecular complexity index is 1540. The molecular weight excluding hydrogens is 626 g/mol. The third-order valence-corrected chi connectivity index (χ3v) is 10.9. The number of amides is 4. The lowest BCUT2D eigenvalue weighted by atomic mass is 9.85. The molecule has 2 aliphatic carbocycles. The third kappa shape index (κ3) is 7.96. The molecule has 0 radical (unpaired) electrons. The summed E-state index contributed by atoms with van der Waals surface area (Å²) in [5.74, 6) is -1.92. The smallest absolute Gasteiger partial charge is 0.407 e. The molecule has 256 valence electrons. The van der Waals surface area contributed by atoms with Gasteiger partial charge in [0.1, 0.15) is 29.5 Å². The van der Waals surface area contributed by atoms with Crippen molar-refractivity contribution in [1.82, 2.24) is 25.2 Å². The molecule has 14 heteroatoms. The summed E-state index contributed by atoms with van der Waals surface area (Å²) in [5.41, 5.74) is -1.53. The number of allylic oxidation sites excluding steroid dienone is 1. The maximum absolute atomic E-state index is 14.3.